The van der Waals surface area contributed by atoms with Crippen molar-refractivity contribution in [3.63, 3.8) is 0 Å². The number of carbonyl (C=O) groups is 2. The van der Waals surface area contributed by atoms with E-state index in [0.29, 0.717) is 18.4 Å². The number of nitrogens with one attached hydrogen (secondary N) is 1. The topological polar surface area (TPSA) is 87.7 Å². The van der Waals surface area contributed by atoms with Crippen LogP contribution in [-0.4, -0.2) is 59.2 Å². The lowest BCUT2D eigenvalue weighted by molar-refractivity contribution is -0.134. The summed E-state index contributed by atoms with van der Waals surface area (Å²) in [7, 11) is 0. The number of carbonyl (C=O) groups excluding carboxylic acids is 2. The third-order valence-electron chi connectivity index (χ3n) is 7.05. The second kappa shape index (κ2) is 9.37. The molecule has 1 N–H and O–H groups in total. The van der Waals surface area contributed by atoms with Crippen molar-refractivity contribution in [1.29, 1.82) is 0 Å². The zero-order valence-electron chi connectivity index (χ0n) is 19.0. The van der Waals surface area contributed by atoms with E-state index in [0.717, 1.165) is 62.6 Å². The Morgan fingerprint density at radius 1 is 1.06 bits per heavy atom. The summed E-state index contributed by atoms with van der Waals surface area (Å²) >= 11 is 0. The van der Waals surface area contributed by atoms with Gasteiger partial charge >= 0.3 is 0 Å². The van der Waals surface area contributed by atoms with E-state index in [4.69, 9.17) is 4.74 Å². The van der Waals surface area contributed by atoms with E-state index in [9.17, 15) is 9.59 Å². The van der Waals surface area contributed by atoms with Gasteiger partial charge in [0.15, 0.2) is 5.82 Å². The van der Waals surface area contributed by atoms with E-state index < -0.39 is 0 Å². The number of aromatic nitrogens is 2. The van der Waals surface area contributed by atoms with Gasteiger partial charge in [0, 0.05) is 56.8 Å². The van der Waals surface area contributed by atoms with Crippen LogP contribution in [0.15, 0.2) is 42.6 Å². The number of hydrogen-bond donors (Lipinski definition) is 1. The van der Waals surface area contributed by atoms with Gasteiger partial charge in [-0.3, -0.25) is 9.59 Å². The van der Waals surface area contributed by atoms with Gasteiger partial charge in [0.05, 0.1) is 5.92 Å². The van der Waals surface area contributed by atoms with Crippen molar-refractivity contribution < 1.29 is 14.3 Å². The van der Waals surface area contributed by atoms with Crippen molar-refractivity contribution in [2.75, 3.05) is 36.4 Å². The predicted octanol–water partition coefficient (Wildman–Crippen LogP) is 2.97. The highest BCUT2D eigenvalue weighted by Crippen LogP contribution is 2.39. The van der Waals surface area contributed by atoms with E-state index in [1.54, 1.807) is 6.20 Å². The zero-order chi connectivity index (χ0) is 22.8. The Bertz CT molecular complexity index is 975. The molecule has 8 nitrogen and oxygen atoms in total. The van der Waals surface area contributed by atoms with Crippen LogP contribution in [-0.2, 0) is 9.59 Å². The molecule has 3 aliphatic rings. The number of anilines is 2. The normalized spacial score (nSPS) is 25.1. The van der Waals surface area contributed by atoms with Gasteiger partial charge in [-0.05, 0) is 55.2 Å². The molecule has 1 aromatic carbocycles. The van der Waals surface area contributed by atoms with E-state index in [1.165, 1.54) is 0 Å². The Balaban J connectivity index is 1.07. The fourth-order valence-electron chi connectivity index (χ4n) is 4.79. The number of amides is 2. The van der Waals surface area contributed by atoms with Gasteiger partial charge in [0.25, 0.3) is 0 Å². The standard InChI is InChI=1S/C25H31N5O3/c1-17-15-22(17)25(32)29-13-9-21(10-14-29)33-20-6-4-19(5-7-20)27-24(31)18-8-12-30(16-18)23-3-2-11-26-28-23/h2-7,11,17-18,21-22H,8-10,12-16H2,1H3,(H,27,31)/t17?,18-,22?/m0/s1. The first-order valence-electron chi connectivity index (χ1n) is 12.0. The zero-order valence-corrected chi connectivity index (χ0v) is 19.0. The summed E-state index contributed by atoms with van der Waals surface area (Å²) < 4.78 is 6.13. The van der Waals surface area contributed by atoms with Crippen molar-refractivity contribution in [2.45, 2.75) is 38.7 Å². The second-order valence-electron chi connectivity index (χ2n) is 9.49. The molecule has 8 heteroatoms. The largest absolute Gasteiger partial charge is 0.490 e. The summed E-state index contributed by atoms with van der Waals surface area (Å²) in [5.41, 5.74) is 0.768. The van der Waals surface area contributed by atoms with E-state index >= 15 is 0 Å². The summed E-state index contributed by atoms with van der Waals surface area (Å²) in [6.07, 6.45) is 5.32. The minimum atomic E-state index is -0.0746. The van der Waals surface area contributed by atoms with Gasteiger partial charge in [-0.1, -0.05) is 6.92 Å². The van der Waals surface area contributed by atoms with Crippen LogP contribution < -0.4 is 15.0 Å². The highest BCUT2D eigenvalue weighted by molar-refractivity contribution is 5.93. The Kier molecular flexibility index (Phi) is 6.15. The number of likely N-dealkylation sites (tertiary alicyclic amines) is 1. The van der Waals surface area contributed by atoms with Gasteiger partial charge in [0.1, 0.15) is 11.9 Å². The van der Waals surface area contributed by atoms with Crippen molar-refractivity contribution >= 4 is 23.3 Å². The molecule has 2 amide bonds. The fraction of sp³-hybridized carbons (Fsp3) is 0.520. The number of piperidine rings is 1. The first-order valence-corrected chi connectivity index (χ1v) is 12.0. The highest BCUT2D eigenvalue weighted by atomic mass is 16.5. The average Bonchev–Trinajstić information content (AvgIpc) is 3.37. The lowest BCUT2D eigenvalue weighted by Gasteiger charge is -2.32. The molecule has 2 aliphatic heterocycles. The van der Waals surface area contributed by atoms with E-state index in [-0.39, 0.29) is 23.8 Å². The smallest absolute Gasteiger partial charge is 0.229 e. The molecule has 3 fully saturated rings. The van der Waals surface area contributed by atoms with Crippen LogP contribution in [0.2, 0.25) is 0 Å². The minimum absolute atomic E-state index is 0.0251. The molecule has 1 aromatic heterocycles. The Labute approximate surface area is 194 Å². The molecule has 0 bridgehead atoms. The number of nitrogens with zero attached hydrogens (tertiary/aromatic N) is 4. The van der Waals surface area contributed by atoms with Gasteiger partial charge in [0.2, 0.25) is 11.8 Å². The Morgan fingerprint density at radius 2 is 1.82 bits per heavy atom. The van der Waals surface area contributed by atoms with Crippen LogP contribution in [0, 0.1) is 17.8 Å². The molecule has 2 saturated heterocycles. The number of ether oxygens (including phenoxy) is 1. The molecule has 1 aliphatic carbocycles. The molecule has 33 heavy (non-hydrogen) atoms. The first-order chi connectivity index (χ1) is 16.1. The summed E-state index contributed by atoms with van der Waals surface area (Å²) in [5.74, 6) is 2.69. The quantitative estimate of drug-likeness (QED) is 0.730. The monoisotopic (exact) mass is 449 g/mol. The van der Waals surface area contributed by atoms with Crippen LogP contribution in [0.1, 0.15) is 32.6 Å². The van der Waals surface area contributed by atoms with Crippen LogP contribution in [0.3, 0.4) is 0 Å². The number of hydrogen-bond acceptors (Lipinski definition) is 6. The lowest BCUT2D eigenvalue weighted by atomic mass is 10.1. The molecule has 0 radical (unpaired) electrons. The molecule has 3 heterocycles. The van der Waals surface area contributed by atoms with E-state index in [2.05, 4.69) is 27.3 Å². The summed E-state index contributed by atoms with van der Waals surface area (Å²) in [6, 6.07) is 11.3. The van der Waals surface area contributed by atoms with Crippen molar-refractivity contribution in [1.82, 2.24) is 15.1 Å². The summed E-state index contributed by atoms with van der Waals surface area (Å²) in [5, 5.41) is 11.1. The van der Waals surface area contributed by atoms with Crippen molar-refractivity contribution in [3.8, 4) is 5.75 Å². The molecular weight excluding hydrogens is 418 g/mol. The number of rotatable bonds is 6. The van der Waals surface area contributed by atoms with Crippen LogP contribution in [0.25, 0.3) is 0 Å². The third-order valence-corrected chi connectivity index (χ3v) is 7.05. The predicted molar refractivity (Wildman–Crippen MR) is 125 cm³/mol. The molecule has 2 unspecified atom stereocenters. The Morgan fingerprint density at radius 3 is 2.48 bits per heavy atom. The molecule has 0 spiro atoms. The maximum Gasteiger partial charge on any atom is 0.229 e. The molecule has 1 saturated carbocycles. The fourth-order valence-corrected chi connectivity index (χ4v) is 4.79. The molecule has 5 rings (SSSR count). The first kappa shape index (κ1) is 21.7. The molecule has 174 valence electrons. The molecule has 2 aromatic rings. The van der Waals surface area contributed by atoms with Crippen LogP contribution in [0.5, 0.6) is 5.75 Å². The highest BCUT2D eigenvalue weighted by Gasteiger charge is 2.42. The van der Waals surface area contributed by atoms with Crippen LogP contribution in [0.4, 0.5) is 11.5 Å². The van der Waals surface area contributed by atoms with Crippen molar-refractivity contribution in [3.05, 3.63) is 42.6 Å². The minimum Gasteiger partial charge on any atom is -0.490 e. The SMILES string of the molecule is CC1CC1C(=O)N1CCC(Oc2ccc(NC(=O)[C@H]3CCN(c4cccnn4)C3)cc2)CC1. The molecule has 3 atom stereocenters. The maximum absolute atomic E-state index is 12.7. The summed E-state index contributed by atoms with van der Waals surface area (Å²) in [4.78, 5) is 29.2. The third kappa shape index (κ3) is 5.10. The second-order valence-corrected chi connectivity index (χ2v) is 9.49. The van der Waals surface area contributed by atoms with E-state index in [1.807, 2.05) is 41.3 Å². The van der Waals surface area contributed by atoms with Crippen LogP contribution >= 0.6 is 0 Å². The summed E-state index contributed by atoms with van der Waals surface area (Å²) in [6.45, 7) is 5.13. The van der Waals surface area contributed by atoms with Gasteiger partial charge < -0.3 is 19.9 Å². The van der Waals surface area contributed by atoms with Gasteiger partial charge in [-0.2, -0.15) is 5.10 Å². The number of benzene rings is 1. The Hall–Kier alpha value is -3.16. The van der Waals surface area contributed by atoms with Crippen molar-refractivity contribution in [2.24, 2.45) is 17.8 Å². The molecular formula is C25H31N5O3. The van der Waals surface area contributed by atoms with Gasteiger partial charge in [-0.25, -0.2) is 0 Å². The van der Waals surface area contributed by atoms with Gasteiger partial charge in [-0.15, -0.1) is 5.10 Å². The maximum atomic E-state index is 12.7. The lowest BCUT2D eigenvalue weighted by Crippen LogP contribution is -2.42. The average molecular weight is 450 g/mol.